The molecule has 174 valence electrons. The fraction of sp³-hybridized carbons (Fsp3) is 0.148. The number of hydrogen-bond acceptors (Lipinski definition) is 5. The van der Waals surface area contributed by atoms with Crippen LogP contribution in [0.5, 0.6) is 0 Å². The van der Waals surface area contributed by atoms with Gasteiger partial charge >= 0.3 is 6.03 Å². The van der Waals surface area contributed by atoms with Crippen LogP contribution in [-0.4, -0.2) is 30.8 Å². The van der Waals surface area contributed by atoms with Gasteiger partial charge in [0, 0.05) is 34.9 Å². The Hall–Kier alpha value is -4.59. The molecule has 0 saturated carbocycles. The Kier molecular flexibility index (Phi) is 5.70. The number of nitrogens with zero attached hydrogens (tertiary/aromatic N) is 5. The minimum atomic E-state index is -0.312. The van der Waals surface area contributed by atoms with E-state index in [1.807, 2.05) is 72.8 Å². The van der Waals surface area contributed by atoms with Crippen LogP contribution in [0.2, 0.25) is 0 Å². The standard InChI is InChI=1S/C27H25N7O/c1-27(2,3)20-7-9-21(10-8-20)29-26(35)30-22-6-4-5-19(17-22)23-11-12-24-31-32-25(34(24)33-23)18-13-15-28-16-14-18/h4-17H,1-3H3,(H2,29,30,35). The molecule has 0 aliphatic carbocycles. The van der Waals surface area contributed by atoms with Crippen LogP contribution in [-0.2, 0) is 5.41 Å². The van der Waals surface area contributed by atoms with E-state index in [0.717, 1.165) is 22.5 Å². The second-order valence-electron chi connectivity index (χ2n) is 9.24. The molecule has 5 aromatic rings. The average Bonchev–Trinajstić information content (AvgIpc) is 3.28. The molecule has 0 unspecified atom stereocenters. The zero-order valence-corrected chi connectivity index (χ0v) is 19.7. The van der Waals surface area contributed by atoms with Gasteiger partial charge in [-0.25, -0.2) is 4.79 Å². The zero-order chi connectivity index (χ0) is 24.4. The molecule has 0 aliphatic rings. The number of aromatic nitrogens is 5. The zero-order valence-electron chi connectivity index (χ0n) is 19.7. The molecule has 35 heavy (non-hydrogen) atoms. The van der Waals surface area contributed by atoms with E-state index in [4.69, 9.17) is 5.10 Å². The Labute approximate surface area is 203 Å². The lowest BCUT2D eigenvalue weighted by molar-refractivity contribution is 0.262. The first kappa shape index (κ1) is 22.2. The minimum Gasteiger partial charge on any atom is -0.308 e. The summed E-state index contributed by atoms with van der Waals surface area (Å²) in [4.78, 5) is 16.6. The number of rotatable bonds is 4. The third-order valence-corrected chi connectivity index (χ3v) is 5.63. The van der Waals surface area contributed by atoms with Crippen LogP contribution in [0.25, 0.3) is 28.3 Å². The van der Waals surface area contributed by atoms with Gasteiger partial charge in [0.1, 0.15) is 0 Å². The number of amides is 2. The summed E-state index contributed by atoms with van der Waals surface area (Å²) in [5, 5.41) is 19.0. The van der Waals surface area contributed by atoms with Crippen molar-refractivity contribution in [2.75, 3.05) is 10.6 Å². The fourth-order valence-corrected chi connectivity index (χ4v) is 3.73. The third-order valence-electron chi connectivity index (χ3n) is 5.63. The Balaban J connectivity index is 1.35. The van der Waals surface area contributed by atoms with Crippen LogP contribution in [0, 0.1) is 0 Å². The van der Waals surface area contributed by atoms with Crippen molar-refractivity contribution in [3.05, 3.63) is 90.8 Å². The molecule has 0 saturated heterocycles. The maximum Gasteiger partial charge on any atom is 0.323 e. The van der Waals surface area contributed by atoms with Crippen LogP contribution in [0.15, 0.2) is 85.2 Å². The van der Waals surface area contributed by atoms with Crippen molar-refractivity contribution < 1.29 is 4.79 Å². The number of nitrogens with one attached hydrogen (secondary N) is 2. The average molecular weight is 464 g/mol. The molecule has 3 aromatic heterocycles. The van der Waals surface area contributed by atoms with E-state index < -0.39 is 0 Å². The fourth-order valence-electron chi connectivity index (χ4n) is 3.73. The molecule has 0 atom stereocenters. The van der Waals surface area contributed by atoms with E-state index >= 15 is 0 Å². The lowest BCUT2D eigenvalue weighted by Crippen LogP contribution is -2.19. The lowest BCUT2D eigenvalue weighted by Gasteiger charge is -2.19. The number of anilines is 2. The number of urea groups is 1. The quantitative estimate of drug-likeness (QED) is 0.351. The highest BCUT2D eigenvalue weighted by Gasteiger charge is 2.14. The summed E-state index contributed by atoms with van der Waals surface area (Å²) in [5.41, 5.74) is 5.76. The Morgan fingerprint density at radius 1 is 0.800 bits per heavy atom. The number of carbonyl (C=O) groups excluding carboxylic acids is 1. The van der Waals surface area contributed by atoms with E-state index in [0.29, 0.717) is 17.2 Å². The SMILES string of the molecule is CC(C)(C)c1ccc(NC(=O)Nc2cccc(-c3ccc4nnc(-c5ccncc5)n4n3)c2)cc1. The molecule has 3 heterocycles. The normalized spacial score (nSPS) is 11.4. The molecule has 0 spiro atoms. The van der Waals surface area contributed by atoms with Crippen LogP contribution < -0.4 is 10.6 Å². The predicted octanol–water partition coefficient (Wildman–Crippen LogP) is 5.79. The van der Waals surface area contributed by atoms with Crippen molar-refractivity contribution in [2.45, 2.75) is 26.2 Å². The predicted molar refractivity (Wildman–Crippen MR) is 137 cm³/mol. The van der Waals surface area contributed by atoms with Crippen LogP contribution in [0.3, 0.4) is 0 Å². The summed E-state index contributed by atoms with van der Waals surface area (Å²) in [7, 11) is 0. The maximum absolute atomic E-state index is 12.6. The third kappa shape index (κ3) is 4.86. The van der Waals surface area contributed by atoms with Gasteiger partial charge in [-0.15, -0.1) is 10.2 Å². The number of benzene rings is 2. The van der Waals surface area contributed by atoms with Crippen LogP contribution >= 0.6 is 0 Å². The van der Waals surface area contributed by atoms with Crippen molar-refractivity contribution in [3.8, 4) is 22.6 Å². The Morgan fingerprint density at radius 2 is 1.54 bits per heavy atom. The summed E-state index contributed by atoms with van der Waals surface area (Å²) >= 11 is 0. The summed E-state index contributed by atoms with van der Waals surface area (Å²) < 4.78 is 1.71. The van der Waals surface area contributed by atoms with Gasteiger partial charge in [0.25, 0.3) is 0 Å². The maximum atomic E-state index is 12.6. The van der Waals surface area contributed by atoms with Gasteiger partial charge < -0.3 is 10.6 Å². The van der Waals surface area contributed by atoms with Crippen molar-refractivity contribution >= 4 is 23.1 Å². The molecule has 5 rings (SSSR count). The molecular weight excluding hydrogens is 438 g/mol. The van der Waals surface area contributed by atoms with Gasteiger partial charge in [-0.2, -0.15) is 9.61 Å². The van der Waals surface area contributed by atoms with E-state index in [2.05, 4.69) is 46.6 Å². The molecule has 8 nitrogen and oxygen atoms in total. The largest absolute Gasteiger partial charge is 0.323 e. The van der Waals surface area contributed by atoms with E-state index in [1.165, 1.54) is 5.56 Å². The molecule has 0 fully saturated rings. The highest BCUT2D eigenvalue weighted by molar-refractivity contribution is 6.00. The highest BCUT2D eigenvalue weighted by Crippen LogP contribution is 2.25. The number of carbonyl (C=O) groups is 1. The van der Waals surface area contributed by atoms with Crippen molar-refractivity contribution in [1.29, 1.82) is 0 Å². The molecule has 8 heteroatoms. The summed E-state index contributed by atoms with van der Waals surface area (Å²) in [6, 6.07) is 22.6. The van der Waals surface area contributed by atoms with E-state index in [-0.39, 0.29) is 11.4 Å². The first-order valence-corrected chi connectivity index (χ1v) is 11.3. The summed E-state index contributed by atoms with van der Waals surface area (Å²) in [6.07, 6.45) is 3.42. The summed E-state index contributed by atoms with van der Waals surface area (Å²) in [5.74, 6) is 0.635. The van der Waals surface area contributed by atoms with Gasteiger partial charge in [-0.05, 0) is 59.5 Å². The lowest BCUT2D eigenvalue weighted by atomic mass is 9.87. The monoisotopic (exact) mass is 463 g/mol. The van der Waals surface area contributed by atoms with Gasteiger partial charge in [0.15, 0.2) is 11.5 Å². The molecule has 2 N–H and O–H groups in total. The van der Waals surface area contributed by atoms with Gasteiger partial charge in [-0.3, -0.25) is 4.98 Å². The summed E-state index contributed by atoms with van der Waals surface area (Å²) in [6.45, 7) is 6.47. The van der Waals surface area contributed by atoms with Crippen molar-refractivity contribution in [3.63, 3.8) is 0 Å². The first-order chi connectivity index (χ1) is 16.9. The molecular formula is C27H25N7O. The molecule has 0 radical (unpaired) electrons. The first-order valence-electron chi connectivity index (χ1n) is 11.3. The van der Waals surface area contributed by atoms with Gasteiger partial charge in [0.2, 0.25) is 0 Å². The number of pyridine rings is 1. The smallest absolute Gasteiger partial charge is 0.308 e. The number of hydrogen-bond donors (Lipinski definition) is 2. The van der Waals surface area contributed by atoms with E-state index in [9.17, 15) is 4.79 Å². The molecule has 0 bridgehead atoms. The molecule has 0 aliphatic heterocycles. The Morgan fingerprint density at radius 3 is 2.29 bits per heavy atom. The Bertz CT molecular complexity index is 1490. The van der Waals surface area contributed by atoms with Crippen molar-refractivity contribution in [2.24, 2.45) is 0 Å². The van der Waals surface area contributed by atoms with E-state index in [1.54, 1.807) is 16.9 Å². The van der Waals surface area contributed by atoms with Crippen LogP contribution in [0.4, 0.5) is 16.2 Å². The highest BCUT2D eigenvalue weighted by atomic mass is 16.2. The van der Waals surface area contributed by atoms with Gasteiger partial charge in [-0.1, -0.05) is 45.0 Å². The minimum absolute atomic E-state index is 0.0596. The molecule has 2 amide bonds. The van der Waals surface area contributed by atoms with Crippen LogP contribution in [0.1, 0.15) is 26.3 Å². The second kappa shape index (κ2) is 8.98. The van der Waals surface area contributed by atoms with Crippen molar-refractivity contribution in [1.82, 2.24) is 24.8 Å². The number of fused-ring (bicyclic) bond motifs is 1. The van der Waals surface area contributed by atoms with Gasteiger partial charge in [0.05, 0.1) is 5.69 Å². The molecule has 2 aromatic carbocycles. The second-order valence-corrected chi connectivity index (χ2v) is 9.24. The topological polar surface area (TPSA) is 97.1 Å².